The number of sulfone groups is 1. The second-order valence-electron chi connectivity index (χ2n) is 2.88. The van der Waals surface area contributed by atoms with E-state index in [0.29, 0.717) is 4.90 Å². The van der Waals surface area contributed by atoms with Crippen LogP contribution < -0.4 is 0 Å². The van der Waals surface area contributed by atoms with Gasteiger partial charge < -0.3 is 0 Å². The first kappa shape index (κ1) is 9.99. The lowest BCUT2D eigenvalue weighted by atomic mass is 10.2. The Labute approximate surface area is 78.8 Å². The first-order chi connectivity index (χ1) is 6.06. The van der Waals surface area contributed by atoms with Gasteiger partial charge in [-0.05, 0) is 19.1 Å². The lowest BCUT2D eigenvalue weighted by Gasteiger charge is -2.00. The van der Waals surface area contributed by atoms with Crippen molar-refractivity contribution in [3.63, 3.8) is 0 Å². The average molecular weight is 196 g/mol. The highest BCUT2D eigenvalue weighted by Gasteiger charge is 2.10. The van der Waals surface area contributed by atoms with Crippen molar-refractivity contribution in [3.05, 3.63) is 42.5 Å². The van der Waals surface area contributed by atoms with Gasteiger partial charge in [0.25, 0.3) is 0 Å². The SMILES string of the molecule is C=CCS(=O)(=O)c1ccc(C)cc1. The number of aryl methyl sites for hydroxylation is 1. The molecule has 0 saturated heterocycles. The molecule has 1 rings (SSSR count). The van der Waals surface area contributed by atoms with E-state index in [4.69, 9.17) is 0 Å². The molecule has 0 heterocycles. The summed E-state index contributed by atoms with van der Waals surface area (Å²) in [4.78, 5) is 0.359. The molecule has 70 valence electrons. The van der Waals surface area contributed by atoms with E-state index in [1.165, 1.54) is 6.08 Å². The van der Waals surface area contributed by atoms with Crippen molar-refractivity contribution < 1.29 is 8.42 Å². The summed E-state index contributed by atoms with van der Waals surface area (Å²) in [5.41, 5.74) is 1.05. The normalized spacial score (nSPS) is 11.2. The van der Waals surface area contributed by atoms with Crippen LogP contribution in [-0.2, 0) is 9.84 Å². The lowest BCUT2D eigenvalue weighted by molar-refractivity contribution is 0.599. The van der Waals surface area contributed by atoms with E-state index in [-0.39, 0.29) is 5.75 Å². The Balaban J connectivity index is 3.08. The quantitative estimate of drug-likeness (QED) is 0.692. The van der Waals surface area contributed by atoms with Gasteiger partial charge in [-0.1, -0.05) is 23.8 Å². The summed E-state index contributed by atoms with van der Waals surface area (Å²) in [5, 5.41) is 0. The number of hydrogen-bond acceptors (Lipinski definition) is 2. The van der Waals surface area contributed by atoms with Crippen LogP contribution in [0.5, 0.6) is 0 Å². The van der Waals surface area contributed by atoms with Crippen LogP contribution in [0.1, 0.15) is 5.56 Å². The highest BCUT2D eigenvalue weighted by molar-refractivity contribution is 7.91. The van der Waals surface area contributed by atoms with E-state index >= 15 is 0 Å². The zero-order valence-electron chi connectivity index (χ0n) is 7.53. The van der Waals surface area contributed by atoms with Gasteiger partial charge in [0.05, 0.1) is 10.6 Å². The Morgan fingerprint density at radius 2 is 1.85 bits per heavy atom. The van der Waals surface area contributed by atoms with Crippen LogP contribution in [0.15, 0.2) is 41.8 Å². The second kappa shape index (κ2) is 3.75. The number of hydrogen-bond donors (Lipinski definition) is 0. The molecule has 0 fully saturated rings. The Hall–Kier alpha value is -1.09. The van der Waals surface area contributed by atoms with Crippen LogP contribution in [0.25, 0.3) is 0 Å². The fourth-order valence-electron chi connectivity index (χ4n) is 0.997. The Kier molecular flexibility index (Phi) is 2.88. The largest absolute Gasteiger partial charge is 0.223 e. The maximum atomic E-state index is 11.5. The third-order valence-corrected chi connectivity index (χ3v) is 3.38. The van der Waals surface area contributed by atoms with E-state index in [9.17, 15) is 8.42 Å². The molecule has 0 aromatic heterocycles. The van der Waals surface area contributed by atoms with Crippen molar-refractivity contribution in [1.82, 2.24) is 0 Å². The van der Waals surface area contributed by atoms with Gasteiger partial charge in [-0.15, -0.1) is 6.58 Å². The first-order valence-electron chi connectivity index (χ1n) is 3.96. The zero-order valence-corrected chi connectivity index (χ0v) is 8.34. The summed E-state index contributed by atoms with van der Waals surface area (Å²) in [6, 6.07) is 6.81. The molecule has 0 N–H and O–H groups in total. The number of rotatable bonds is 3. The van der Waals surface area contributed by atoms with Crippen molar-refractivity contribution >= 4 is 9.84 Å². The molecule has 0 atom stereocenters. The maximum Gasteiger partial charge on any atom is 0.181 e. The van der Waals surface area contributed by atoms with E-state index in [2.05, 4.69) is 6.58 Å². The average Bonchev–Trinajstić information content (AvgIpc) is 2.05. The standard InChI is InChI=1S/C10H12O2S/c1-3-8-13(11,12)10-6-4-9(2)5-7-10/h3-7H,1,8H2,2H3. The molecule has 1 aromatic carbocycles. The van der Waals surface area contributed by atoms with Crippen LogP contribution >= 0.6 is 0 Å². The van der Waals surface area contributed by atoms with Gasteiger partial charge in [0.2, 0.25) is 0 Å². The summed E-state index contributed by atoms with van der Waals surface area (Å²) in [7, 11) is -3.15. The maximum absolute atomic E-state index is 11.5. The third kappa shape index (κ3) is 2.42. The highest BCUT2D eigenvalue weighted by atomic mass is 32.2. The van der Waals surface area contributed by atoms with Gasteiger partial charge in [-0.2, -0.15) is 0 Å². The summed E-state index contributed by atoms with van der Waals surface area (Å²) < 4.78 is 22.9. The molecule has 13 heavy (non-hydrogen) atoms. The molecule has 3 heteroatoms. The van der Waals surface area contributed by atoms with Crippen molar-refractivity contribution in [3.8, 4) is 0 Å². The van der Waals surface area contributed by atoms with E-state index in [1.807, 2.05) is 6.92 Å². The second-order valence-corrected chi connectivity index (χ2v) is 4.92. The highest BCUT2D eigenvalue weighted by Crippen LogP contribution is 2.11. The Bertz CT molecular complexity index is 387. The van der Waals surface area contributed by atoms with Crippen molar-refractivity contribution in [2.45, 2.75) is 11.8 Å². The minimum Gasteiger partial charge on any atom is -0.223 e. The van der Waals surface area contributed by atoms with Crippen molar-refractivity contribution in [2.75, 3.05) is 5.75 Å². The molecule has 0 radical (unpaired) electrons. The van der Waals surface area contributed by atoms with E-state index in [1.54, 1.807) is 24.3 Å². The fraction of sp³-hybridized carbons (Fsp3) is 0.200. The first-order valence-corrected chi connectivity index (χ1v) is 5.62. The summed E-state index contributed by atoms with van der Waals surface area (Å²) in [6.07, 6.45) is 1.40. The minimum atomic E-state index is -3.15. The molecule has 0 saturated carbocycles. The van der Waals surface area contributed by atoms with Crippen molar-refractivity contribution in [1.29, 1.82) is 0 Å². The minimum absolute atomic E-state index is 0.00391. The summed E-state index contributed by atoms with van der Waals surface area (Å²) in [6.45, 7) is 5.33. The molecule has 0 unspecified atom stereocenters. The molecular weight excluding hydrogens is 184 g/mol. The van der Waals surface area contributed by atoms with Gasteiger partial charge in [0.1, 0.15) is 0 Å². The Morgan fingerprint density at radius 1 is 1.31 bits per heavy atom. The molecule has 0 bridgehead atoms. The smallest absolute Gasteiger partial charge is 0.181 e. The van der Waals surface area contributed by atoms with Crippen LogP contribution in [0.4, 0.5) is 0 Å². The van der Waals surface area contributed by atoms with Gasteiger partial charge in [-0.3, -0.25) is 0 Å². The molecule has 0 aliphatic rings. The van der Waals surface area contributed by atoms with Crippen LogP contribution in [0, 0.1) is 6.92 Å². The zero-order chi connectivity index (χ0) is 9.90. The molecule has 0 amide bonds. The lowest BCUT2D eigenvalue weighted by Crippen LogP contribution is -2.03. The van der Waals surface area contributed by atoms with Crippen LogP contribution in [0.2, 0.25) is 0 Å². The van der Waals surface area contributed by atoms with Crippen LogP contribution in [-0.4, -0.2) is 14.2 Å². The predicted octanol–water partition coefficient (Wildman–Crippen LogP) is 1.95. The van der Waals surface area contributed by atoms with E-state index in [0.717, 1.165) is 5.56 Å². The molecule has 1 aromatic rings. The molecule has 0 spiro atoms. The molecule has 0 aliphatic carbocycles. The van der Waals surface area contributed by atoms with Gasteiger partial charge in [-0.25, -0.2) is 8.42 Å². The monoisotopic (exact) mass is 196 g/mol. The van der Waals surface area contributed by atoms with Gasteiger partial charge in [0.15, 0.2) is 9.84 Å². The molecule has 0 aliphatic heterocycles. The predicted molar refractivity (Wildman–Crippen MR) is 53.4 cm³/mol. The molecule has 2 nitrogen and oxygen atoms in total. The summed E-state index contributed by atoms with van der Waals surface area (Å²) in [5.74, 6) is -0.00391. The van der Waals surface area contributed by atoms with Crippen molar-refractivity contribution in [2.24, 2.45) is 0 Å². The van der Waals surface area contributed by atoms with Gasteiger partial charge in [0, 0.05) is 0 Å². The third-order valence-electron chi connectivity index (χ3n) is 1.72. The molecular formula is C10H12O2S. The fourth-order valence-corrected chi connectivity index (χ4v) is 2.05. The van der Waals surface area contributed by atoms with Gasteiger partial charge >= 0.3 is 0 Å². The van der Waals surface area contributed by atoms with E-state index < -0.39 is 9.84 Å². The topological polar surface area (TPSA) is 34.1 Å². The summed E-state index contributed by atoms with van der Waals surface area (Å²) >= 11 is 0. The number of benzene rings is 1. The Morgan fingerprint density at radius 3 is 2.31 bits per heavy atom. The van der Waals surface area contributed by atoms with Crippen LogP contribution in [0.3, 0.4) is 0 Å².